The van der Waals surface area contributed by atoms with Crippen molar-refractivity contribution in [2.75, 3.05) is 12.3 Å². The molecular formula is C11H22N4S. The molecule has 0 radical (unpaired) electrons. The smallest absolute Gasteiger partial charge is 0.191 e. The van der Waals surface area contributed by atoms with Crippen LogP contribution in [-0.4, -0.2) is 27.1 Å². The van der Waals surface area contributed by atoms with E-state index in [0.717, 1.165) is 23.3 Å². The van der Waals surface area contributed by atoms with Crippen molar-refractivity contribution in [3.63, 3.8) is 0 Å². The van der Waals surface area contributed by atoms with Crippen LogP contribution in [0.2, 0.25) is 0 Å². The molecule has 16 heavy (non-hydrogen) atoms. The fraction of sp³-hybridized carbons (Fsp3) is 0.818. The molecule has 0 amide bonds. The maximum atomic E-state index is 5.57. The molecule has 1 heterocycles. The van der Waals surface area contributed by atoms with Gasteiger partial charge in [0.2, 0.25) is 0 Å². The predicted octanol–water partition coefficient (Wildman–Crippen LogP) is 2.07. The van der Waals surface area contributed by atoms with Crippen molar-refractivity contribution in [2.24, 2.45) is 11.1 Å². The summed E-state index contributed by atoms with van der Waals surface area (Å²) in [6.07, 6.45) is 1.17. The average Bonchev–Trinajstić information content (AvgIpc) is 2.48. The van der Waals surface area contributed by atoms with Gasteiger partial charge >= 0.3 is 0 Å². The molecule has 0 unspecified atom stereocenters. The molecule has 2 N–H and O–H groups in total. The molecule has 0 bridgehead atoms. The molecule has 1 aromatic rings. The molecule has 4 nitrogen and oxygen atoms in total. The second kappa shape index (κ2) is 5.68. The Labute approximate surface area is 102 Å². The van der Waals surface area contributed by atoms with Crippen LogP contribution in [0.4, 0.5) is 0 Å². The number of aryl methyl sites for hydroxylation is 1. The van der Waals surface area contributed by atoms with Crippen molar-refractivity contribution in [2.45, 2.75) is 45.8 Å². The first-order valence-electron chi connectivity index (χ1n) is 5.67. The van der Waals surface area contributed by atoms with Gasteiger partial charge in [-0.25, -0.2) is 0 Å². The molecule has 5 heteroatoms. The predicted molar refractivity (Wildman–Crippen MR) is 68.6 cm³/mol. The highest BCUT2D eigenvalue weighted by Crippen LogP contribution is 2.25. The van der Waals surface area contributed by atoms with Crippen LogP contribution >= 0.6 is 11.8 Å². The molecule has 0 aliphatic carbocycles. The minimum atomic E-state index is 0.376. The lowest BCUT2D eigenvalue weighted by atomic mass is 9.94. The summed E-state index contributed by atoms with van der Waals surface area (Å²) in [5.74, 6) is 2.02. The van der Waals surface area contributed by atoms with Gasteiger partial charge in [0.05, 0.1) is 0 Å². The van der Waals surface area contributed by atoms with Crippen LogP contribution in [0.25, 0.3) is 0 Å². The van der Waals surface area contributed by atoms with Crippen LogP contribution in [-0.2, 0) is 6.54 Å². The second-order valence-corrected chi connectivity index (χ2v) is 6.19. The maximum absolute atomic E-state index is 5.57. The first-order chi connectivity index (χ1) is 7.44. The van der Waals surface area contributed by atoms with E-state index in [1.807, 2.05) is 6.92 Å². The van der Waals surface area contributed by atoms with Gasteiger partial charge in [-0.3, -0.25) is 0 Å². The summed E-state index contributed by atoms with van der Waals surface area (Å²) in [6.45, 7) is 10.2. The van der Waals surface area contributed by atoms with E-state index in [0.29, 0.717) is 12.0 Å². The lowest BCUT2D eigenvalue weighted by Gasteiger charge is -2.17. The highest BCUT2D eigenvalue weighted by molar-refractivity contribution is 7.99. The number of aromatic nitrogens is 3. The van der Waals surface area contributed by atoms with E-state index >= 15 is 0 Å². The van der Waals surface area contributed by atoms with Gasteiger partial charge in [0, 0.05) is 18.8 Å². The molecule has 0 fully saturated rings. The summed E-state index contributed by atoms with van der Waals surface area (Å²) < 4.78 is 2.09. The van der Waals surface area contributed by atoms with Gasteiger partial charge in [-0.05, 0) is 18.8 Å². The summed E-state index contributed by atoms with van der Waals surface area (Å²) in [6, 6.07) is 0. The molecule has 0 aliphatic heterocycles. The Morgan fingerprint density at radius 3 is 2.56 bits per heavy atom. The van der Waals surface area contributed by atoms with Crippen molar-refractivity contribution in [3.8, 4) is 0 Å². The molecule has 1 rings (SSSR count). The first-order valence-corrected chi connectivity index (χ1v) is 6.65. The zero-order valence-corrected chi connectivity index (χ0v) is 11.5. The standard InChI is InChI=1S/C11H22N4S/c1-9-13-14-10(15(9)7-6-12)16-8-5-11(2,3)4/h5-8,12H2,1-4H3. The Balaban J connectivity index is 2.53. The molecule has 1 aromatic heterocycles. The molecular weight excluding hydrogens is 220 g/mol. The van der Waals surface area contributed by atoms with Gasteiger partial charge in [-0.2, -0.15) is 0 Å². The minimum Gasteiger partial charge on any atom is -0.329 e. The third-order valence-electron chi connectivity index (χ3n) is 2.34. The molecule has 0 saturated heterocycles. The van der Waals surface area contributed by atoms with E-state index in [9.17, 15) is 0 Å². The normalized spacial score (nSPS) is 12.1. The molecule has 0 aliphatic rings. The van der Waals surface area contributed by atoms with Crippen molar-refractivity contribution in [3.05, 3.63) is 5.82 Å². The fourth-order valence-corrected chi connectivity index (χ4v) is 2.68. The Morgan fingerprint density at radius 1 is 1.31 bits per heavy atom. The van der Waals surface area contributed by atoms with Gasteiger partial charge in [0.25, 0.3) is 0 Å². The van der Waals surface area contributed by atoms with Gasteiger partial charge < -0.3 is 10.3 Å². The highest BCUT2D eigenvalue weighted by Gasteiger charge is 2.12. The quantitative estimate of drug-likeness (QED) is 0.803. The summed E-state index contributed by atoms with van der Waals surface area (Å²) in [5.41, 5.74) is 5.95. The molecule has 0 aromatic carbocycles. The Bertz CT molecular complexity index is 327. The molecule has 0 saturated carbocycles. The average molecular weight is 242 g/mol. The van der Waals surface area contributed by atoms with E-state index in [-0.39, 0.29) is 0 Å². The fourth-order valence-electron chi connectivity index (χ4n) is 1.30. The van der Waals surface area contributed by atoms with E-state index in [1.54, 1.807) is 11.8 Å². The SMILES string of the molecule is Cc1nnc(SCCC(C)(C)C)n1CCN. The van der Waals surface area contributed by atoms with Gasteiger partial charge in [0.1, 0.15) is 5.82 Å². The maximum Gasteiger partial charge on any atom is 0.191 e. The summed E-state index contributed by atoms with van der Waals surface area (Å²) >= 11 is 1.77. The minimum absolute atomic E-state index is 0.376. The van der Waals surface area contributed by atoms with Crippen molar-refractivity contribution >= 4 is 11.8 Å². The van der Waals surface area contributed by atoms with Crippen LogP contribution in [0.5, 0.6) is 0 Å². The van der Waals surface area contributed by atoms with E-state index in [4.69, 9.17) is 5.73 Å². The number of rotatable bonds is 5. The van der Waals surface area contributed by atoms with Crippen molar-refractivity contribution < 1.29 is 0 Å². The van der Waals surface area contributed by atoms with E-state index in [2.05, 4.69) is 35.5 Å². The van der Waals surface area contributed by atoms with Gasteiger partial charge in [-0.1, -0.05) is 32.5 Å². The third-order valence-corrected chi connectivity index (χ3v) is 3.31. The zero-order chi connectivity index (χ0) is 12.2. The molecule has 0 spiro atoms. The lowest BCUT2D eigenvalue weighted by Crippen LogP contribution is -2.12. The zero-order valence-electron chi connectivity index (χ0n) is 10.7. The monoisotopic (exact) mass is 242 g/mol. The molecule has 0 atom stereocenters. The van der Waals surface area contributed by atoms with E-state index < -0.39 is 0 Å². The van der Waals surface area contributed by atoms with Gasteiger partial charge in [-0.15, -0.1) is 10.2 Å². The van der Waals surface area contributed by atoms with Crippen molar-refractivity contribution in [1.82, 2.24) is 14.8 Å². The number of hydrogen-bond donors (Lipinski definition) is 1. The van der Waals surface area contributed by atoms with Crippen LogP contribution in [0.3, 0.4) is 0 Å². The number of nitrogens with zero attached hydrogens (tertiary/aromatic N) is 3. The Morgan fingerprint density at radius 2 is 2.00 bits per heavy atom. The first kappa shape index (κ1) is 13.5. The Hall–Kier alpha value is -0.550. The summed E-state index contributed by atoms with van der Waals surface area (Å²) in [5, 5.41) is 9.25. The molecule has 92 valence electrons. The summed E-state index contributed by atoms with van der Waals surface area (Å²) in [7, 11) is 0. The van der Waals surface area contributed by atoms with Crippen LogP contribution < -0.4 is 5.73 Å². The topological polar surface area (TPSA) is 56.7 Å². The van der Waals surface area contributed by atoms with Gasteiger partial charge in [0.15, 0.2) is 5.16 Å². The largest absolute Gasteiger partial charge is 0.329 e. The second-order valence-electron chi connectivity index (χ2n) is 5.13. The van der Waals surface area contributed by atoms with Crippen LogP contribution in [0.15, 0.2) is 5.16 Å². The van der Waals surface area contributed by atoms with Crippen LogP contribution in [0, 0.1) is 12.3 Å². The summed E-state index contributed by atoms with van der Waals surface area (Å²) in [4.78, 5) is 0. The highest BCUT2D eigenvalue weighted by atomic mass is 32.2. The number of thioether (sulfide) groups is 1. The van der Waals surface area contributed by atoms with Crippen molar-refractivity contribution in [1.29, 1.82) is 0 Å². The van der Waals surface area contributed by atoms with E-state index in [1.165, 1.54) is 6.42 Å². The lowest BCUT2D eigenvalue weighted by molar-refractivity contribution is 0.401. The Kier molecular flexibility index (Phi) is 4.80. The number of nitrogens with two attached hydrogens (primary N) is 1. The third kappa shape index (κ3) is 4.14. The number of hydrogen-bond acceptors (Lipinski definition) is 4. The van der Waals surface area contributed by atoms with Crippen LogP contribution in [0.1, 0.15) is 33.0 Å².